The first-order valence-corrected chi connectivity index (χ1v) is 7.80. The van der Waals surface area contributed by atoms with Crippen molar-refractivity contribution in [3.8, 4) is 0 Å². The lowest BCUT2D eigenvalue weighted by molar-refractivity contribution is -0.0113. The number of amides is 2. The number of aromatic nitrogens is 1. The van der Waals surface area contributed by atoms with Crippen molar-refractivity contribution in [3.05, 3.63) is 47.5 Å². The van der Waals surface area contributed by atoms with E-state index in [0.717, 1.165) is 6.42 Å². The van der Waals surface area contributed by atoms with Crippen molar-refractivity contribution >= 4 is 22.5 Å². The second-order valence-corrected chi connectivity index (χ2v) is 5.79. The zero-order valence-corrected chi connectivity index (χ0v) is 12.4. The third-order valence-electron chi connectivity index (χ3n) is 3.38. The number of hydrogen-bond acceptors (Lipinski definition) is 4. The first kappa shape index (κ1) is 14.0. The molecule has 3 rings (SSSR count). The van der Waals surface area contributed by atoms with Gasteiger partial charge in [0.15, 0.2) is 5.13 Å². The molecule has 0 saturated carbocycles. The molecule has 5 nitrogen and oxygen atoms in total. The Bertz CT molecular complexity index is 574. The highest BCUT2D eigenvalue weighted by molar-refractivity contribution is 7.13. The van der Waals surface area contributed by atoms with E-state index in [1.54, 1.807) is 11.1 Å². The average Bonchev–Trinajstić information content (AvgIpc) is 3.01. The fourth-order valence-electron chi connectivity index (χ4n) is 2.36. The van der Waals surface area contributed by atoms with Crippen molar-refractivity contribution in [3.63, 3.8) is 0 Å². The van der Waals surface area contributed by atoms with Crippen LogP contribution < -0.4 is 5.32 Å². The molecule has 0 spiro atoms. The highest BCUT2D eigenvalue weighted by atomic mass is 32.1. The van der Waals surface area contributed by atoms with Gasteiger partial charge in [0.25, 0.3) is 0 Å². The lowest BCUT2D eigenvalue weighted by atomic mass is 10.1. The number of morpholine rings is 1. The standard InChI is InChI=1S/C15H17N3O2S/c19-15(17-14-16-6-9-21-14)18-7-8-20-13(11-18)10-12-4-2-1-3-5-12/h1-6,9,13H,7-8,10-11H2,(H,16,17,19). The maximum Gasteiger partial charge on any atom is 0.323 e. The number of hydrogen-bond donors (Lipinski definition) is 1. The molecule has 2 aromatic rings. The van der Waals surface area contributed by atoms with Gasteiger partial charge in [-0.2, -0.15) is 0 Å². The van der Waals surface area contributed by atoms with Crippen LogP contribution in [0.3, 0.4) is 0 Å². The summed E-state index contributed by atoms with van der Waals surface area (Å²) in [7, 11) is 0. The van der Waals surface area contributed by atoms with Crippen LogP contribution in [0.5, 0.6) is 0 Å². The van der Waals surface area contributed by atoms with E-state index in [-0.39, 0.29) is 12.1 Å². The van der Waals surface area contributed by atoms with Gasteiger partial charge in [-0.3, -0.25) is 5.32 Å². The highest BCUT2D eigenvalue weighted by Crippen LogP contribution is 2.15. The van der Waals surface area contributed by atoms with Crippen LogP contribution in [0.4, 0.5) is 9.93 Å². The maximum atomic E-state index is 12.2. The number of carbonyl (C=O) groups is 1. The van der Waals surface area contributed by atoms with Crippen LogP contribution in [0.25, 0.3) is 0 Å². The topological polar surface area (TPSA) is 54.5 Å². The number of anilines is 1. The molecule has 21 heavy (non-hydrogen) atoms. The number of benzene rings is 1. The fraction of sp³-hybridized carbons (Fsp3) is 0.333. The molecule has 2 amide bonds. The largest absolute Gasteiger partial charge is 0.374 e. The maximum absolute atomic E-state index is 12.2. The summed E-state index contributed by atoms with van der Waals surface area (Å²) in [6, 6.07) is 10.1. The molecule has 1 N–H and O–H groups in total. The van der Waals surface area contributed by atoms with E-state index in [0.29, 0.717) is 24.8 Å². The molecule has 0 bridgehead atoms. The third kappa shape index (κ3) is 3.80. The number of nitrogens with one attached hydrogen (secondary N) is 1. The third-order valence-corrected chi connectivity index (χ3v) is 4.07. The minimum atomic E-state index is -0.105. The Balaban J connectivity index is 1.56. The number of thiazole rings is 1. The van der Waals surface area contributed by atoms with Gasteiger partial charge in [0.05, 0.1) is 12.7 Å². The van der Waals surface area contributed by atoms with E-state index in [1.165, 1.54) is 16.9 Å². The Morgan fingerprint density at radius 3 is 3.05 bits per heavy atom. The van der Waals surface area contributed by atoms with Crippen LogP contribution in [-0.4, -0.2) is 41.7 Å². The molecule has 1 aromatic heterocycles. The lowest BCUT2D eigenvalue weighted by Crippen LogP contribution is -2.48. The van der Waals surface area contributed by atoms with Crippen LogP contribution in [0, 0.1) is 0 Å². The number of rotatable bonds is 3. The molecule has 6 heteroatoms. The Morgan fingerprint density at radius 2 is 2.29 bits per heavy atom. The van der Waals surface area contributed by atoms with E-state index < -0.39 is 0 Å². The quantitative estimate of drug-likeness (QED) is 0.948. The predicted octanol–water partition coefficient (Wildman–Crippen LogP) is 2.62. The summed E-state index contributed by atoms with van der Waals surface area (Å²) in [5.74, 6) is 0. The zero-order valence-electron chi connectivity index (χ0n) is 11.6. The van der Waals surface area contributed by atoms with Gasteiger partial charge >= 0.3 is 6.03 Å². The van der Waals surface area contributed by atoms with Crippen LogP contribution >= 0.6 is 11.3 Å². The molecule has 0 radical (unpaired) electrons. The highest BCUT2D eigenvalue weighted by Gasteiger charge is 2.24. The van der Waals surface area contributed by atoms with Crippen molar-refractivity contribution in [1.82, 2.24) is 9.88 Å². The molecule has 1 fully saturated rings. The van der Waals surface area contributed by atoms with E-state index in [4.69, 9.17) is 4.74 Å². The van der Waals surface area contributed by atoms with Crippen LogP contribution in [0.15, 0.2) is 41.9 Å². The van der Waals surface area contributed by atoms with E-state index in [9.17, 15) is 4.79 Å². The van der Waals surface area contributed by atoms with E-state index in [1.807, 2.05) is 23.6 Å². The van der Waals surface area contributed by atoms with Gasteiger partial charge < -0.3 is 9.64 Å². The molecule has 1 saturated heterocycles. The molecule has 1 unspecified atom stereocenters. The molecule has 1 aliphatic heterocycles. The molecule has 1 aliphatic rings. The van der Waals surface area contributed by atoms with Gasteiger partial charge in [-0.15, -0.1) is 11.3 Å². The van der Waals surface area contributed by atoms with Crippen molar-refractivity contribution in [2.45, 2.75) is 12.5 Å². The SMILES string of the molecule is O=C(Nc1nccs1)N1CCOC(Cc2ccccc2)C1. The van der Waals surface area contributed by atoms with Crippen molar-refractivity contribution < 1.29 is 9.53 Å². The minimum Gasteiger partial charge on any atom is -0.374 e. The van der Waals surface area contributed by atoms with Crippen molar-refractivity contribution in [1.29, 1.82) is 0 Å². The summed E-state index contributed by atoms with van der Waals surface area (Å²) >= 11 is 1.42. The summed E-state index contributed by atoms with van der Waals surface area (Å²) in [6.45, 7) is 1.79. The number of urea groups is 1. The summed E-state index contributed by atoms with van der Waals surface area (Å²) in [5, 5.41) is 5.29. The number of carbonyl (C=O) groups excluding carboxylic acids is 1. The molecular weight excluding hydrogens is 286 g/mol. The van der Waals surface area contributed by atoms with Gasteiger partial charge in [0.2, 0.25) is 0 Å². The van der Waals surface area contributed by atoms with Crippen LogP contribution in [0.2, 0.25) is 0 Å². The van der Waals surface area contributed by atoms with Gasteiger partial charge in [0, 0.05) is 31.1 Å². The van der Waals surface area contributed by atoms with E-state index >= 15 is 0 Å². The Labute approximate surface area is 127 Å². The van der Waals surface area contributed by atoms with Gasteiger partial charge in [-0.1, -0.05) is 30.3 Å². The molecule has 1 aromatic carbocycles. The second-order valence-electron chi connectivity index (χ2n) is 4.90. The first-order valence-electron chi connectivity index (χ1n) is 6.92. The van der Waals surface area contributed by atoms with E-state index in [2.05, 4.69) is 22.4 Å². The smallest absolute Gasteiger partial charge is 0.323 e. The number of ether oxygens (including phenoxy) is 1. The van der Waals surface area contributed by atoms with Crippen LogP contribution in [0.1, 0.15) is 5.56 Å². The average molecular weight is 303 g/mol. The fourth-order valence-corrected chi connectivity index (χ4v) is 2.88. The Hall–Kier alpha value is -1.92. The summed E-state index contributed by atoms with van der Waals surface area (Å²) in [5.41, 5.74) is 1.23. The molecule has 2 heterocycles. The Kier molecular flexibility index (Phi) is 4.47. The minimum absolute atomic E-state index is 0.0446. The summed E-state index contributed by atoms with van der Waals surface area (Å²) in [6.07, 6.45) is 2.54. The van der Waals surface area contributed by atoms with Gasteiger partial charge in [-0.05, 0) is 5.56 Å². The zero-order chi connectivity index (χ0) is 14.5. The molecule has 1 atom stereocenters. The van der Waals surface area contributed by atoms with Crippen molar-refractivity contribution in [2.24, 2.45) is 0 Å². The predicted molar refractivity (Wildman–Crippen MR) is 82.6 cm³/mol. The summed E-state index contributed by atoms with van der Waals surface area (Å²) in [4.78, 5) is 18.0. The van der Waals surface area contributed by atoms with Crippen LogP contribution in [-0.2, 0) is 11.2 Å². The normalized spacial score (nSPS) is 18.5. The van der Waals surface area contributed by atoms with Gasteiger partial charge in [0.1, 0.15) is 0 Å². The van der Waals surface area contributed by atoms with Crippen molar-refractivity contribution in [2.75, 3.05) is 25.0 Å². The molecule has 0 aliphatic carbocycles. The molecule has 110 valence electrons. The Morgan fingerprint density at radius 1 is 1.43 bits per heavy atom. The molecular formula is C15H17N3O2S. The monoisotopic (exact) mass is 303 g/mol. The lowest BCUT2D eigenvalue weighted by Gasteiger charge is -2.32. The van der Waals surface area contributed by atoms with Gasteiger partial charge in [-0.25, -0.2) is 9.78 Å². The number of nitrogens with zero attached hydrogens (tertiary/aromatic N) is 2. The summed E-state index contributed by atoms with van der Waals surface area (Å²) < 4.78 is 5.76. The first-order chi connectivity index (χ1) is 10.3. The second kappa shape index (κ2) is 6.69.